The van der Waals surface area contributed by atoms with E-state index >= 15 is 0 Å². The van der Waals surface area contributed by atoms with Crippen molar-refractivity contribution >= 4 is 29.9 Å². The van der Waals surface area contributed by atoms with Crippen molar-refractivity contribution in [2.45, 2.75) is 39.3 Å². The minimum Gasteiger partial charge on any atom is -0.434 e. The van der Waals surface area contributed by atoms with E-state index in [0.29, 0.717) is 18.1 Å². The number of rotatable bonds is 8. The number of nitrogens with zero attached hydrogens (tertiary/aromatic N) is 1. The standard InChI is InChI=1S/C16H23F2N3O.HI/c1-2-19-16(20-10-9-12-7-8-12)21-11-13-5-3-4-6-14(13)22-15(17)18;/h3-6,12,15H,2,7-11H2,1H3,(H2,19,20,21);1H. The van der Waals surface area contributed by atoms with Crippen LogP contribution in [0, 0.1) is 5.92 Å². The lowest BCUT2D eigenvalue weighted by molar-refractivity contribution is -0.0504. The van der Waals surface area contributed by atoms with Crippen molar-refractivity contribution < 1.29 is 13.5 Å². The van der Waals surface area contributed by atoms with Gasteiger partial charge in [-0.25, -0.2) is 4.99 Å². The number of nitrogens with one attached hydrogen (secondary N) is 2. The summed E-state index contributed by atoms with van der Waals surface area (Å²) in [6, 6.07) is 6.74. The Kier molecular flexibility index (Phi) is 9.20. The highest BCUT2D eigenvalue weighted by atomic mass is 127. The molecule has 0 atom stereocenters. The predicted octanol–water partition coefficient (Wildman–Crippen LogP) is 3.76. The molecule has 0 unspecified atom stereocenters. The number of aliphatic imine (C=N–C) groups is 1. The molecule has 23 heavy (non-hydrogen) atoms. The number of benzene rings is 1. The molecule has 1 aromatic rings. The summed E-state index contributed by atoms with van der Waals surface area (Å²) in [6.45, 7) is 1.10. The fraction of sp³-hybridized carbons (Fsp3) is 0.562. The molecule has 1 fully saturated rings. The maximum atomic E-state index is 12.4. The van der Waals surface area contributed by atoms with Crippen molar-refractivity contribution in [1.29, 1.82) is 0 Å². The van der Waals surface area contributed by atoms with E-state index < -0.39 is 6.61 Å². The van der Waals surface area contributed by atoms with Gasteiger partial charge in [-0.2, -0.15) is 8.78 Å². The molecule has 0 aliphatic heterocycles. The Labute approximate surface area is 153 Å². The van der Waals surface area contributed by atoms with Gasteiger partial charge in [-0.05, 0) is 25.3 Å². The second kappa shape index (κ2) is 10.6. The van der Waals surface area contributed by atoms with Gasteiger partial charge in [0, 0.05) is 18.7 Å². The van der Waals surface area contributed by atoms with Crippen molar-refractivity contribution in [3.63, 3.8) is 0 Å². The van der Waals surface area contributed by atoms with Gasteiger partial charge in [0.15, 0.2) is 5.96 Å². The number of hydrogen-bond donors (Lipinski definition) is 2. The molecule has 2 rings (SSSR count). The largest absolute Gasteiger partial charge is 0.434 e. The molecule has 0 saturated heterocycles. The van der Waals surface area contributed by atoms with Crippen molar-refractivity contribution in [2.75, 3.05) is 13.1 Å². The van der Waals surface area contributed by atoms with Crippen LogP contribution in [-0.4, -0.2) is 25.7 Å². The number of ether oxygens (including phenoxy) is 1. The normalized spacial score (nSPS) is 14.3. The minimum absolute atomic E-state index is 0. The number of alkyl halides is 2. The topological polar surface area (TPSA) is 45.7 Å². The average Bonchev–Trinajstić information content (AvgIpc) is 3.30. The van der Waals surface area contributed by atoms with E-state index in [1.807, 2.05) is 6.92 Å². The fourth-order valence-electron chi connectivity index (χ4n) is 2.15. The van der Waals surface area contributed by atoms with E-state index in [-0.39, 0.29) is 29.7 Å². The maximum absolute atomic E-state index is 12.4. The van der Waals surface area contributed by atoms with Crippen LogP contribution < -0.4 is 15.4 Å². The van der Waals surface area contributed by atoms with Crippen LogP contribution in [-0.2, 0) is 6.54 Å². The molecule has 1 aliphatic carbocycles. The molecule has 0 spiro atoms. The van der Waals surface area contributed by atoms with Crippen molar-refractivity contribution in [3.8, 4) is 5.75 Å². The average molecular weight is 439 g/mol. The lowest BCUT2D eigenvalue weighted by atomic mass is 10.2. The Bertz CT molecular complexity index is 496. The van der Waals surface area contributed by atoms with Crippen LogP contribution in [0.2, 0.25) is 0 Å². The summed E-state index contributed by atoms with van der Waals surface area (Å²) in [5, 5.41) is 6.43. The first kappa shape index (κ1) is 19.9. The van der Waals surface area contributed by atoms with Crippen LogP contribution in [0.5, 0.6) is 5.75 Å². The highest BCUT2D eigenvalue weighted by molar-refractivity contribution is 14.0. The highest BCUT2D eigenvalue weighted by Gasteiger charge is 2.20. The third kappa shape index (κ3) is 7.81. The molecule has 0 heterocycles. The molecular weight excluding hydrogens is 415 g/mol. The van der Waals surface area contributed by atoms with E-state index in [9.17, 15) is 8.78 Å². The van der Waals surface area contributed by atoms with Gasteiger partial charge < -0.3 is 15.4 Å². The van der Waals surface area contributed by atoms with Crippen LogP contribution in [0.1, 0.15) is 31.7 Å². The monoisotopic (exact) mass is 439 g/mol. The molecule has 2 N–H and O–H groups in total. The summed E-state index contributed by atoms with van der Waals surface area (Å²) in [7, 11) is 0. The van der Waals surface area contributed by atoms with Gasteiger partial charge in [-0.3, -0.25) is 0 Å². The lowest BCUT2D eigenvalue weighted by Gasteiger charge is -2.12. The molecular formula is C16H24F2IN3O. The molecule has 7 heteroatoms. The molecule has 0 bridgehead atoms. The van der Waals surface area contributed by atoms with E-state index in [0.717, 1.165) is 25.4 Å². The predicted molar refractivity (Wildman–Crippen MR) is 98.6 cm³/mol. The summed E-state index contributed by atoms with van der Waals surface area (Å²) in [4.78, 5) is 4.44. The number of halogens is 3. The van der Waals surface area contributed by atoms with Gasteiger partial charge in [0.05, 0.1) is 6.54 Å². The van der Waals surface area contributed by atoms with Crippen LogP contribution in [0.4, 0.5) is 8.78 Å². The van der Waals surface area contributed by atoms with Gasteiger partial charge in [0.2, 0.25) is 0 Å². The van der Waals surface area contributed by atoms with E-state index in [1.165, 1.54) is 18.9 Å². The molecule has 0 radical (unpaired) electrons. The maximum Gasteiger partial charge on any atom is 0.387 e. The summed E-state index contributed by atoms with van der Waals surface area (Å²) in [5.41, 5.74) is 0.641. The first-order chi connectivity index (χ1) is 10.7. The zero-order chi connectivity index (χ0) is 15.8. The Morgan fingerprint density at radius 3 is 2.70 bits per heavy atom. The van der Waals surface area contributed by atoms with Gasteiger partial charge in [0.1, 0.15) is 5.75 Å². The van der Waals surface area contributed by atoms with Crippen molar-refractivity contribution in [1.82, 2.24) is 10.6 Å². The molecule has 1 aromatic carbocycles. The smallest absolute Gasteiger partial charge is 0.387 e. The summed E-state index contributed by atoms with van der Waals surface area (Å²) >= 11 is 0. The van der Waals surface area contributed by atoms with Crippen LogP contribution in [0.3, 0.4) is 0 Å². The fourth-order valence-corrected chi connectivity index (χ4v) is 2.15. The minimum atomic E-state index is -2.82. The quantitative estimate of drug-likeness (QED) is 0.369. The zero-order valence-electron chi connectivity index (χ0n) is 13.2. The highest BCUT2D eigenvalue weighted by Crippen LogP contribution is 2.31. The van der Waals surface area contributed by atoms with E-state index in [2.05, 4.69) is 20.4 Å². The Balaban J connectivity index is 0.00000264. The van der Waals surface area contributed by atoms with Gasteiger partial charge in [0.25, 0.3) is 0 Å². The molecule has 0 aromatic heterocycles. The molecule has 1 aliphatic rings. The number of guanidine groups is 1. The van der Waals surface area contributed by atoms with Gasteiger partial charge in [-0.15, -0.1) is 24.0 Å². The van der Waals surface area contributed by atoms with Gasteiger partial charge in [-0.1, -0.05) is 31.0 Å². The van der Waals surface area contributed by atoms with E-state index in [1.54, 1.807) is 18.2 Å². The first-order valence-electron chi connectivity index (χ1n) is 7.74. The van der Waals surface area contributed by atoms with E-state index in [4.69, 9.17) is 0 Å². The number of para-hydroxylation sites is 1. The summed E-state index contributed by atoms with van der Waals surface area (Å²) in [6.07, 6.45) is 3.80. The van der Waals surface area contributed by atoms with Crippen LogP contribution in [0.15, 0.2) is 29.3 Å². The second-order valence-corrected chi connectivity index (χ2v) is 5.34. The first-order valence-corrected chi connectivity index (χ1v) is 7.74. The molecule has 4 nitrogen and oxygen atoms in total. The third-order valence-corrected chi connectivity index (χ3v) is 3.48. The van der Waals surface area contributed by atoms with Gasteiger partial charge >= 0.3 is 6.61 Å². The summed E-state index contributed by atoms with van der Waals surface area (Å²) < 4.78 is 29.3. The second-order valence-electron chi connectivity index (χ2n) is 5.34. The number of hydrogen-bond acceptors (Lipinski definition) is 2. The Morgan fingerprint density at radius 2 is 2.04 bits per heavy atom. The Morgan fingerprint density at radius 1 is 1.30 bits per heavy atom. The Hall–Kier alpha value is -1.12. The zero-order valence-corrected chi connectivity index (χ0v) is 15.6. The molecule has 130 valence electrons. The SMILES string of the molecule is CCNC(=NCc1ccccc1OC(F)F)NCCC1CC1.I. The van der Waals surface area contributed by atoms with Crippen LogP contribution >= 0.6 is 24.0 Å². The third-order valence-electron chi connectivity index (χ3n) is 3.48. The molecule has 1 saturated carbocycles. The van der Waals surface area contributed by atoms with Crippen molar-refractivity contribution in [2.24, 2.45) is 10.9 Å². The lowest BCUT2D eigenvalue weighted by Crippen LogP contribution is -2.37. The van der Waals surface area contributed by atoms with Crippen molar-refractivity contribution in [3.05, 3.63) is 29.8 Å². The summed E-state index contributed by atoms with van der Waals surface area (Å²) in [5.74, 6) is 1.74. The van der Waals surface area contributed by atoms with Crippen LogP contribution in [0.25, 0.3) is 0 Å². The molecule has 0 amide bonds.